The second kappa shape index (κ2) is 8.31. The molecule has 4 nitrogen and oxygen atoms in total. The van der Waals surface area contributed by atoms with Crippen LogP contribution in [-0.2, 0) is 4.74 Å². The van der Waals surface area contributed by atoms with Crippen LogP contribution in [-0.4, -0.2) is 25.7 Å². The molecule has 4 rings (SSSR count). The lowest BCUT2D eigenvalue weighted by atomic mass is 10.1. The van der Waals surface area contributed by atoms with Gasteiger partial charge in [-0.05, 0) is 23.6 Å². The lowest BCUT2D eigenvalue weighted by molar-refractivity contribution is 0.238. The molecule has 0 saturated carbocycles. The number of anilines is 1. The molecule has 27 heavy (non-hydrogen) atoms. The van der Waals surface area contributed by atoms with Gasteiger partial charge >= 0.3 is 0 Å². The second-order valence-corrected chi connectivity index (χ2v) is 6.73. The average Bonchev–Trinajstić information content (AvgIpc) is 3.19. The van der Waals surface area contributed by atoms with Gasteiger partial charge in [0.05, 0.1) is 30.5 Å². The van der Waals surface area contributed by atoms with Crippen molar-refractivity contribution in [2.45, 2.75) is 12.8 Å². The van der Waals surface area contributed by atoms with Crippen LogP contribution >= 0.6 is 11.6 Å². The molecule has 0 radical (unpaired) electrons. The minimum Gasteiger partial charge on any atom is -0.492 e. The number of ether oxygens (including phenoxy) is 2. The first-order valence-corrected chi connectivity index (χ1v) is 9.52. The largest absolute Gasteiger partial charge is 0.492 e. The fourth-order valence-corrected chi connectivity index (χ4v) is 3.37. The first kappa shape index (κ1) is 17.7. The van der Waals surface area contributed by atoms with E-state index < -0.39 is 0 Å². The summed E-state index contributed by atoms with van der Waals surface area (Å²) in [5, 5.41) is 9.28. The number of benzene rings is 3. The highest BCUT2D eigenvalue weighted by Gasteiger charge is 2.16. The van der Waals surface area contributed by atoms with Gasteiger partial charge in [-0.2, -0.15) is 0 Å². The van der Waals surface area contributed by atoms with Crippen molar-refractivity contribution in [3.8, 4) is 5.75 Å². The van der Waals surface area contributed by atoms with E-state index in [1.807, 2.05) is 71.7 Å². The Morgan fingerprint density at radius 1 is 0.889 bits per heavy atom. The van der Waals surface area contributed by atoms with Crippen molar-refractivity contribution in [1.82, 2.24) is 0 Å². The van der Waals surface area contributed by atoms with Gasteiger partial charge in [-0.15, -0.1) is 5.10 Å². The molecule has 5 heteroatoms. The first-order valence-electron chi connectivity index (χ1n) is 9.14. The summed E-state index contributed by atoms with van der Waals surface area (Å²) in [5.41, 5.74) is 1.09. The van der Waals surface area contributed by atoms with Crippen molar-refractivity contribution in [3.63, 3.8) is 0 Å². The van der Waals surface area contributed by atoms with Gasteiger partial charge in [0.2, 0.25) is 5.90 Å². The maximum Gasteiger partial charge on any atom is 0.208 e. The topological polar surface area (TPSA) is 34.1 Å². The molecular formula is C22H21ClN2O2. The quantitative estimate of drug-likeness (QED) is 0.529. The monoisotopic (exact) mass is 380 g/mol. The zero-order valence-corrected chi connectivity index (χ0v) is 15.7. The Morgan fingerprint density at radius 3 is 2.56 bits per heavy atom. The Kier molecular flexibility index (Phi) is 5.45. The van der Waals surface area contributed by atoms with Gasteiger partial charge in [0.15, 0.2) is 0 Å². The molecule has 0 N–H and O–H groups in total. The van der Waals surface area contributed by atoms with Gasteiger partial charge in [-0.3, -0.25) is 5.01 Å². The van der Waals surface area contributed by atoms with Crippen molar-refractivity contribution in [2.24, 2.45) is 5.10 Å². The lowest BCUT2D eigenvalue weighted by Gasteiger charge is -2.12. The molecule has 1 heterocycles. The fourth-order valence-electron chi connectivity index (χ4n) is 3.08. The highest BCUT2D eigenvalue weighted by Crippen LogP contribution is 2.32. The number of hydrazone groups is 1. The van der Waals surface area contributed by atoms with Crippen molar-refractivity contribution >= 4 is 34.0 Å². The molecule has 0 fully saturated rings. The summed E-state index contributed by atoms with van der Waals surface area (Å²) in [7, 11) is 0. The van der Waals surface area contributed by atoms with E-state index in [1.165, 1.54) is 0 Å². The summed E-state index contributed by atoms with van der Waals surface area (Å²) >= 11 is 6.45. The van der Waals surface area contributed by atoms with E-state index in [1.54, 1.807) is 0 Å². The Labute approximate surface area is 164 Å². The van der Waals surface area contributed by atoms with Crippen molar-refractivity contribution in [2.75, 3.05) is 24.8 Å². The molecule has 0 unspecified atom stereocenters. The summed E-state index contributed by atoms with van der Waals surface area (Å²) in [6.45, 7) is 1.98. The highest BCUT2D eigenvalue weighted by molar-refractivity contribution is 6.37. The third-order valence-corrected chi connectivity index (χ3v) is 4.86. The van der Waals surface area contributed by atoms with Crippen LogP contribution in [0, 0.1) is 0 Å². The number of nitrogens with zero attached hydrogens (tertiary/aromatic N) is 2. The van der Waals surface area contributed by atoms with Crippen molar-refractivity contribution in [1.29, 1.82) is 0 Å². The molecule has 0 atom stereocenters. The Balaban J connectivity index is 1.25. The van der Waals surface area contributed by atoms with Crippen LogP contribution in [0.4, 0.5) is 5.69 Å². The molecule has 0 spiro atoms. The molecule has 1 aliphatic rings. The van der Waals surface area contributed by atoms with Gasteiger partial charge in [-0.25, -0.2) is 0 Å². The molecule has 0 saturated heterocycles. The van der Waals surface area contributed by atoms with E-state index in [-0.39, 0.29) is 0 Å². The van der Waals surface area contributed by atoms with Crippen LogP contribution in [0.3, 0.4) is 0 Å². The molecule has 0 bridgehead atoms. The third-order valence-electron chi connectivity index (χ3n) is 4.47. The summed E-state index contributed by atoms with van der Waals surface area (Å²) in [4.78, 5) is 0. The zero-order chi connectivity index (χ0) is 18.5. The lowest BCUT2D eigenvalue weighted by Crippen LogP contribution is -2.11. The van der Waals surface area contributed by atoms with E-state index in [0.29, 0.717) is 24.0 Å². The van der Waals surface area contributed by atoms with E-state index in [2.05, 4.69) is 5.10 Å². The molecule has 3 aromatic carbocycles. The predicted molar refractivity (Wildman–Crippen MR) is 111 cm³/mol. The number of halogens is 1. The SMILES string of the molecule is Clc1c(OCCCOC2=NN(c3ccccc3)CC2)ccc2ccccc12. The summed E-state index contributed by atoms with van der Waals surface area (Å²) in [6.07, 6.45) is 1.60. The third kappa shape index (κ3) is 4.17. The normalized spacial score (nSPS) is 13.7. The summed E-state index contributed by atoms with van der Waals surface area (Å²) in [5.74, 6) is 1.49. The second-order valence-electron chi connectivity index (χ2n) is 6.35. The first-order chi connectivity index (χ1) is 13.3. The van der Waals surface area contributed by atoms with Crippen LogP contribution in [0.2, 0.25) is 5.02 Å². The van der Waals surface area contributed by atoms with Gasteiger partial charge in [0, 0.05) is 18.2 Å². The van der Waals surface area contributed by atoms with E-state index in [4.69, 9.17) is 21.1 Å². The Bertz CT molecular complexity index is 943. The molecular weight excluding hydrogens is 360 g/mol. The number of para-hydroxylation sites is 1. The summed E-state index contributed by atoms with van der Waals surface area (Å²) in [6, 6.07) is 22.1. The zero-order valence-electron chi connectivity index (χ0n) is 15.0. The molecule has 1 aliphatic heterocycles. The number of hydrogen-bond acceptors (Lipinski definition) is 4. The molecule has 3 aromatic rings. The van der Waals surface area contributed by atoms with Gasteiger partial charge in [-0.1, -0.05) is 60.1 Å². The Hall–Kier alpha value is -2.72. The number of hydrogen-bond donors (Lipinski definition) is 0. The van der Waals surface area contributed by atoms with E-state index in [9.17, 15) is 0 Å². The van der Waals surface area contributed by atoms with Crippen LogP contribution in [0.25, 0.3) is 10.8 Å². The molecule has 0 aromatic heterocycles. The van der Waals surface area contributed by atoms with Crippen molar-refractivity contribution in [3.05, 3.63) is 71.8 Å². The van der Waals surface area contributed by atoms with Crippen LogP contribution < -0.4 is 9.75 Å². The van der Waals surface area contributed by atoms with Gasteiger partial charge in [0.1, 0.15) is 5.75 Å². The maximum absolute atomic E-state index is 6.45. The molecule has 138 valence electrons. The van der Waals surface area contributed by atoms with E-state index >= 15 is 0 Å². The standard InChI is InChI=1S/C22H21ClN2O2/c23-22-19-10-5-4-7-17(19)11-12-20(22)26-15-6-16-27-21-13-14-25(24-21)18-8-2-1-3-9-18/h1-5,7-12H,6,13-16H2. The molecule has 0 amide bonds. The number of fused-ring (bicyclic) bond motifs is 1. The van der Waals surface area contributed by atoms with Crippen LogP contribution in [0.1, 0.15) is 12.8 Å². The highest BCUT2D eigenvalue weighted by atomic mass is 35.5. The average molecular weight is 381 g/mol. The minimum atomic E-state index is 0.549. The van der Waals surface area contributed by atoms with Crippen LogP contribution in [0.15, 0.2) is 71.8 Å². The fraction of sp³-hybridized carbons (Fsp3) is 0.227. The van der Waals surface area contributed by atoms with Crippen molar-refractivity contribution < 1.29 is 9.47 Å². The van der Waals surface area contributed by atoms with Gasteiger partial charge < -0.3 is 9.47 Å². The predicted octanol–water partition coefficient (Wildman–Crippen LogP) is 5.50. The Morgan fingerprint density at radius 2 is 1.67 bits per heavy atom. The molecule has 0 aliphatic carbocycles. The smallest absolute Gasteiger partial charge is 0.208 e. The maximum atomic E-state index is 6.45. The summed E-state index contributed by atoms with van der Waals surface area (Å²) < 4.78 is 11.6. The van der Waals surface area contributed by atoms with E-state index in [0.717, 1.165) is 41.7 Å². The van der Waals surface area contributed by atoms with Crippen LogP contribution in [0.5, 0.6) is 5.75 Å². The van der Waals surface area contributed by atoms with Gasteiger partial charge in [0.25, 0.3) is 0 Å². The number of rotatable bonds is 6. The minimum absolute atomic E-state index is 0.549.